The first-order valence-corrected chi connectivity index (χ1v) is 10.5. The van der Waals surface area contributed by atoms with Crippen molar-refractivity contribution in [3.8, 4) is 17.0 Å². The monoisotopic (exact) mass is 399 g/mol. The minimum atomic E-state index is -0.0201. The zero-order chi connectivity index (χ0) is 19.3. The van der Waals surface area contributed by atoms with E-state index >= 15 is 0 Å². The molecule has 3 aromatic rings. The van der Waals surface area contributed by atoms with E-state index in [0.717, 1.165) is 65.0 Å². The van der Waals surface area contributed by atoms with Crippen LogP contribution in [0.1, 0.15) is 24.8 Å². The first-order valence-electron chi connectivity index (χ1n) is 9.71. The summed E-state index contributed by atoms with van der Waals surface area (Å²) >= 11 is 1.63. The molecule has 28 heavy (non-hydrogen) atoms. The Morgan fingerprint density at radius 2 is 2.14 bits per heavy atom. The van der Waals surface area contributed by atoms with Crippen LogP contribution in [-0.2, 0) is 4.74 Å². The molecule has 5 rings (SSSR count). The number of benzene rings is 1. The summed E-state index contributed by atoms with van der Waals surface area (Å²) < 4.78 is 13.5. The summed E-state index contributed by atoms with van der Waals surface area (Å²) in [6.45, 7) is 4.62. The molecule has 0 bridgehead atoms. The smallest absolute Gasteiger partial charge is 0.214 e. The molecule has 7 nitrogen and oxygen atoms in total. The molecule has 148 valence electrons. The second kappa shape index (κ2) is 6.72. The van der Waals surface area contributed by atoms with Crippen molar-refractivity contribution in [1.29, 1.82) is 0 Å². The molecule has 1 atom stereocenters. The average molecular weight is 400 g/mol. The molecule has 0 aliphatic carbocycles. The number of fused-ring (bicyclic) bond motifs is 1. The van der Waals surface area contributed by atoms with Gasteiger partial charge in [-0.25, -0.2) is 9.50 Å². The van der Waals surface area contributed by atoms with Gasteiger partial charge in [-0.1, -0.05) is 17.4 Å². The summed E-state index contributed by atoms with van der Waals surface area (Å²) in [6.07, 6.45) is 4.84. The van der Waals surface area contributed by atoms with Gasteiger partial charge < -0.3 is 20.1 Å². The molecule has 0 amide bonds. The third-order valence-electron chi connectivity index (χ3n) is 5.89. The van der Waals surface area contributed by atoms with Gasteiger partial charge in [0.1, 0.15) is 5.75 Å². The van der Waals surface area contributed by atoms with Crippen LogP contribution in [-0.4, -0.2) is 53.0 Å². The van der Waals surface area contributed by atoms with E-state index in [1.165, 1.54) is 0 Å². The lowest BCUT2D eigenvalue weighted by Crippen LogP contribution is -2.44. The van der Waals surface area contributed by atoms with E-state index in [2.05, 4.69) is 28.9 Å². The standard InChI is InChI=1S/C20H25N5O2S/c1-13-3-4-15(17(9-13)26-2)16-11-22-18-25(16)23-19(28-18)24-7-5-20(6-8-24)10-14(21)12-27-20/h3-4,9,11,14H,5-8,10,12,21H2,1-2H3. The van der Waals surface area contributed by atoms with Crippen molar-refractivity contribution in [2.24, 2.45) is 5.73 Å². The maximum Gasteiger partial charge on any atom is 0.214 e. The number of methoxy groups -OCH3 is 1. The van der Waals surface area contributed by atoms with Crippen LogP contribution < -0.4 is 15.4 Å². The summed E-state index contributed by atoms with van der Waals surface area (Å²) in [5.41, 5.74) is 9.16. The van der Waals surface area contributed by atoms with Crippen molar-refractivity contribution in [1.82, 2.24) is 14.6 Å². The average Bonchev–Trinajstić information content (AvgIpc) is 3.37. The molecule has 4 heterocycles. The van der Waals surface area contributed by atoms with Gasteiger partial charge in [0.2, 0.25) is 10.1 Å². The van der Waals surface area contributed by atoms with Crippen LogP contribution in [0, 0.1) is 6.92 Å². The number of imidazole rings is 1. The summed E-state index contributed by atoms with van der Waals surface area (Å²) in [7, 11) is 1.70. The highest BCUT2D eigenvalue weighted by Gasteiger charge is 2.42. The molecule has 2 N–H and O–H groups in total. The van der Waals surface area contributed by atoms with Crippen molar-refractivity contribution >= 4 is 21.4 Å². The summed E-state index contributed by atoms with van der Waals surface area (Å²) in [5.74, 6) is 0.839. The fourth-order valence-electron chi connectivity index (χ4n) is 4.34. The Morgan fingerprint density at radius 1 is 1.32 bits per heavy atom. The highest BCUT2D eigenvalue weighted by molar-refractivity contribution is 7.20. The number of anilines is 1. The minimum Gasteiger partial charge on any atom is -0.496 e. The maximum absolute atomic E-state index is 6.06. The third kappa shape index (κ3) is 2.96. The molecule has 2 aromatic heterocycles. The Balaban J connectivity index is 1.42. The number of hydrogen-bond donors (Lipinski definition) is 1. The lowest BCUT2D eigenvalue weighted by Gasteiger charge is -2.38. The van der Waals surface area contributed by atoms with Gasteiger partial charge in [-0.05, 0) is 43.9 Å². The fourth-order valence-corrected chi connectivity index (χ4v) is 5.27. The van der Waals surface area contributed by atoms with Crippen LogP contribution in [0.15, 0.2) is 24.4 Å². The van der Waals surface area contributed by atoms with Crippen LogP contribution in [0.25, 0.3) is 16.2 Å². The maximum atomic E-state index is 6.06. The zero-order valence-electron chi connectivity index (χ0n) is 16.2. The number of nitrogens with two attached hydrogens (primary N) is 1. The molecule has 8 heteroatoms. The SMILES string of the molecule is COc1cc(C)ccc1-c1cnc2sc(N3CCC4(CC3)CC(N)CO4)nn12. The van der Waals surface area contributed by atoms with Crippen molar-refractivity contribution in [3.05, 3.63) is 30.0 Å². The molecule has 1 spiro atoms. The Kier molecular flexibility index (Phi) is 4.30. The van der Waals surface area contributed by atoms with E-state index in [1.54, 1.807) is 18.4 Å². The van der Waals surface area contributed by atoms with Crippen LogP contribution >= 0.6 is 11.3 Å². The second-order valence-electron chi connectivity index (χ2n) is 7.87. The van der Waals surface area contributed by atoms with Gasteiger partial charge in [0, 0.05) is 24.7 Å². The van der Waals surface area contributed by atoms with Crippen LogP contribution in [0.2, 0.25) is 0 Å². The lowest BCUT2D eigenvalue weighted by molar-refractivity contribution is -0.0148. The molecule has 0 radical (unpaired) electrons. The topological polar surface area (TPSA) is 77.9 Å². The quantitative estimate of drug-likeness (QED) is 0.730. The minimum absolute atomic E-state index is 0.0201. The normalized spacial score (nSPS) is 21.7. The Bertz CT molecular complexity index is 1010. The molecule has 2 aliphatic rings. The Labute approximate surface area is 168 Å². The highest BCUT2D eigenvalue weighted by Crippen LogP contribution is 2.38. The second-order valence-corrected chi connectivity index (χ2v) is 8.81. The van der Waals surface area contributed by atoms with Gasteiger partial charge in [0.25, 0.3) is 0 Å². The van der Waals surface area contributed by atoms with Crippen LogP contribution in [0.4, 0.5) is 5.13 Å². The number of piperidine rings is 1. The summed E-state index contributed by atoms with van der Waals surface area (Å²) in [4.78, 5) is 7.82. The predicted molar refractivity (Wildman–Crippen MR) is 110 cm³/mol. The van der Waals surface area contributed by atoms with Gasteiger partial charge >= 0.3 is 0 Å². The van der Waals surface area contributed by atoms with E-state index in [-0.39, 0.29) is 11.6 Å². The molecular weight excluding hydrogens is 374 g/mol. The van der Waals surface area contributed by atoms with Gasteiger partial charge in [-0.2, -0.15) is 0 Å². The van der Waals surface area contributed by atoms with Crippen LogP contribution in [0.5, 0.6) is 5.75 Å². The first-order chi connectivity index (χ1) is 13.6. The number of rotatable bonds is 3. The molecule has 1 unspecified atom stereocenters. The van der Waals surface area contributed by atoms with Crippen molar-refractivity contribution in [2.75, 3.05) is 31.7 Å². The third-order valence-corrected chi connectivity index (χ3v) is 6.87. The van der Waals surface area contributed by atoms with E-state index in [1.807, 2.05) is 16.8 Å². The largest absolute Gasteiger partial charge is 0.496 e. The molecule has 0 saturated carbocycles. The Morgan fingerprint density at radius 3 is 2.86 bits per heavy atom. The fraction of sp³-hybridized carbons (Fsp3) is 0.500. The van der Waals surface area contributed by atoms with Crippen molar-refractivity contribution in [3.63, 3.8) is 0 Å². The number of hydrogen-bond acceptors (Lipinski definition) is 7. The molecular formula is C20H25N5O2S. The number of ether oxygens (including phenoxy) is 2. The van der Waals surface area contributed by atoms with Gasteiger partial charge in [0.05, 0.1) is 31.2 Å². The van der Waals surface area contributed by atoms with Crippen LogP contribution in [0.3, 0.4) is 0 Å². The summed E-state index contributed by atoms with van der Waals surface area (Å²) in [5, 5.41) is 5.89. The molecule has 2 aliphatic heterocycles. The molecule has 2 saturated heterocycles. The number of aromatic nitrogens is 3. The van der Waals surface area contributed by atoms with Gasteiger partial charge in [0.15, 0.2) is 0 Å². The van der Waals surface area contributed by atoms with Gasteiger partial charge in [-0.15, -0.1) is 5.10 Å². The summed E-state index contributed by atoms with van der Waals surface area (Å²) in [6, 6.07) is 6.38. The van der Waals surface area contributed by atoms with E-state index < -0.39 is 0 Å². The number of aryl methyl sites for hydroxylation is 1. The molecule has 1 aromatic carbocycles. The lowest BCUT2D eigenvalue weighted by atomic mass is 9.88. The molecule has 2 fully saturated rings. The van der Waals surface area contributed by atoms with Gasteiger partial charge in [-0.3, -0.25) is 0 Å². The Hall–Kier alpha value is -2.16. The predicted octanol–water partition coefficient (Wildman–Crippen LogP) is 2.86. The van der Waals surface area contributed by atoms with Crippen molar-refractivity contribution in [2.45, 2.75) is 37.8 Å². The van der Waals surface area contributed by atoms with E-state index in [9.17, 15) is 0 Å². The van der Waals surface area contributed by atoms with E-state index in [0.29, 0.717) is 6.61 Å². The van der Waals surface area contributed by atoms with E-state index in [4.69, 9.17) is 20.3 Å². The highest BCUT2D eigenvalue weighted by atomic mass is 32.1. The first kappa shape index (κ1) is 17.9. The zero-order valence-corrected chi connectivity index (χ0v) is 17.0. The van der Waals surface area contributed by atoms with Crippen molar-refractivity contribution < 1.29 is 9.47 Å². The number of nitrogens with zero attached hydrogens (tertiary/aromatic N) is 4.